The molecule has 7 heterocycles. The van der Waals surface area contributed by atoms with Crippen LogP contribution >= 0.6 is 35.0 Å². The van der Waals surface area contributed by atoms with Crippen LogP contribution in [0.2, 0.25) is 0 Å². The number of likely N-dealkylation sites (N-methyl/N-ethyl adjacent to an activating group) is 3. The van der Waals surface area contributed by atoms with E-state index in [4.69, 9.17) is 86.7 Å². The third kappa shape index (κ3) is 19.1. The number of aliphatic hydroxyl groups is 1. The fourth-order valence-corrected chi connectivity index (χ4v) is 13.9. The predicted molar refractivity (Wildman–Crippen MR) is 317 cm³/mol. The highest BCUT2D eigenvalue weighted by Crippen LogP contribution is 2.54. The third-order valence-electron chi connectivity index (χ3n) is 13.6. The smallest absolute Gasteiger partial charge is 0.481 e. The van der Waals surface area contributed by atoms with E-state index in [9.17, 15) is 43.7 Å². The van der Waals surface area contributed by atoms with Gasteiger partial charge in [-0.15, -0.1) is 0 Å². The van der Waals surface area contributed by atoms with Crippen molar-refractivity contribution in [3.63, 3.8) is 0 Å². The SMILES string of the molecule is CC(CC(=O)NCCOCCC(=O)N(C)CCN(C)C(=O)CCC(C)(C)SSCCOC(=O)N(C)CCOC(=O)O[C@@H]1[C@@H]2OP(O)(=S)OC[C@H]3O[C@@H](n4cnc5c(N)ncnc54)[C@H](OP(O)(=S)OC[C@H]2O[C@H]1n1cnc2c(N)ncnc21)[C@@H]3O)C(=O)O. The molecule has 2 bridgehead atoms. The molecule has 3 aliphatic heterocycles. The Morgan fingerprint density at radius 3 is 1.98 bits per heavy atom. The number of hydrogen-bond donors (Lipinski definition) is 7. The number of nitrogens with one attached hydrogen (secondary N) is 1. The maximum Gasteiger partial charge on any atom is 0.508 e. The van der Waals surface area contributed by atoms with Gasteiger partial charge in [0.05, 0.1) is 58.0 Å². The normalized spacial score (nSPS) is 25.3. The molecule has 4 aromatic heterocycles. The highest BCUT2D eigenvalue weighted by Gasteiger charge is 2.54. The van der Waals surface area contributed by atoms with Crippen molar-refractivity contribution >= 4 is 129 Å². The average molecular weight is 1340 g/mol. The van der Waals surface area contributed by atoms with Gasteiger partial charge in [0.1, 0.15) is 67.4 Å². The van der Waals surface area contributed by atoms with Crippen molar-refractivity contribution in [1.82, 2.24) is 59.1 Å². The molecule has 11 atom stereocenters. The number of rotatable bonds is 26. The number of anilines is 2. The number of carboxylic acids is 1. The molecule has 4 amide bonds. The predicted octanol–water partition coefficient (Wildman–Crippen LogP) is 1.32. The summed E-state index contributed by atoms with van der Waals surface area (Å²) >= 11 is 10.9. The second-order valence-electron chi connectivity index (χ2n) is 20.6. The molecule has 0 saturated carbocycles. The molecular weight excluding hydrogens is 1270 g/mol. The number of aromatic nitrogens is 8. The van der Waals surface area contributed by atoms with Gasteiger partial charge in [0.25, 0.3) is 0 Å². The van der Waals surface area contributed by atoms with Crippen molar-refractivity contribution in [3.8, 4) is 0 Å². The summed E-state index contributed by atoms with van der Waals surface area (Å²) in [7, 11) is 7.72. The van der Waals surface area contributed by atoms with Crippen LogP contribution in [0.3, 0.4) is 0 Å². The van der Waals surface area contributed by atoms with E-state index in [-0.39, 0.29) is 103 Å². The first-order valence-electron chi connectivity index (χ1n) is 26.9. The molecule has 34 nitrogen and oxygen atoms in total. The summed E-state index contributed by atoms with van der Waals surface area (Å²) in [5.74, 6) is -2.06. The van der Waals surface area contributed by atoms with E-state index in [1.807, 2.05) is 13.8 Å². The molecule has 40 heteroatoms. The van der Waals surface area contributed by atoms with Crippen LogP contribution in [0.15, 0.2) is 25.3 Å². The van der Waals surface area contributed by atoms with Gasteiger partial charge in [-0.25, -0.2) is 39.5 Å². The Balaban J connectivity index is 0.852. The molecule has 0 aliphatic carbocycles. The topological polar surface area (TPSA) is 437 Å². The molecule has 87 heavy (non-hydrogen) atoms. The second-order valence-corrected chi connectivity index (χ2v) is 29.3. The lowest BCUT2D eigenvalue weighted by molar-refractivity contribution is -0.143. The summed E-state index contributed by atoms with van der Waals surface area (Å²) in [5, 5.41) is 23.0. The van der Waals surface area contributed by atoms with E-state index in [1.165, 1.54) is 73.5 Å². The largest absolute Gasteiger partial charge is 0.508 e. The number of carbonyl (C=O) groups is 6. The number of ether oxygens (including phenoxy) is 6. The zero-order chi connectivity index (χ0) is 63.4. The maximum absolute atomic E-state index is 13.6. The molecule has 9 N–H and O–H groups in total. The summed E-state index contributed by atoms with van der Waals surface area (Å²) in [6, 6.07) is 0. The molecule has 4 aromatic rings. The van der Waals surface area contributed by atoms with E-state index in [0.717, 1.165) is 6.33 Å². The van der Waals surface area contributed by atoms with Crippen LogP contribution in [-0.2, 0) is 89.3 Å². The summed E-state index contributed by atoms with van der Waals surface area (Å²) in [4.78, 5) is 127. The molecule has 3 fully saturated rings. The van der Waals surface area contributed by atoms with Crippen molar-refractivity contribution in [1.29, 1.82) is 0 Å². The number of fused-ring (bicyclic) bond motifs is 5. The van der Waals surface area contributed by atoms with Gasteiger partial charge in [-0.05, 0) is 43.9 Å². The molecule has 0 radical (unpaired) electrons. The van der Waals surface area contributed by atoms with Gasteiger partial charge in [0.15, 0.2) is 41.5 Å². The number of hydrogen-bond acceptors (Lipinski definition) is 29. The first-order valence-corrected chi connectivity index (χ1v) is 34.4. The first kappa shape index (κ1) is 69.2. The molecule has 482 valence electrons. The molecule has 3 aliphatic rings. The lowest BCUT2D eigenvalue weighted by Gasteiger charge is -2.29. The van der Waals surface area contributed by atoms with Crippen LogP contribution in [0.4, 0.5) is 21.2 Å². The van der Waals surface area contributed by atoms with Crippen molar-refractivity contribution in [3.05, 3.63) is 25.3 Å². The lowest BCUT2D eigenvalue weighted by atomic mass is 10.1. The zero-order valence-electron chi connectivity index (χ0n) is 48.0. The summed E-state index contributed by atoms with van der Waals surface area (Å²) < 4.78 is 60.5. The van der Waals surface area contributed by atoms with E-state index in [1.54, 1.807) is 19.0 Å². The Bertz CT molecular complexity index is 3180. The number of aliphatic carboxylic acids is 1. The van der Waals surface area contributed by atoms with Crippen LogP contribution in [0.25, 0.3) is 22.3 Å². The van der Waals surface area contributed by atoms with Gasteiger partial charge in [0.2, 0.25) is 17.7 Å². The fourth-order valence-electron chi connectivity index (χ4n) is 8.65. The van der Waals surface area contributed by atoms with Crippen LogP contribution < -0.4 is 16.8 Å². The summed E-state index contributed by atoms with van der Waals surface area (Å²) in [6.07, 6.45) is -7.96. The summed E-state index contributed by atoms with van der Waals surface area (Å²) in [5.41, 5.74) is 12.7. The zero-order valence-corrected chi connectivity index (χ0v) is 53.1. The van der Waals surface area contributed by atoms with Crippen molar-refractivity contribution < 1.29 is 95.3 Å². The molecule has 3 unspecified atom stereocenters. The average Bonchev–Trinajstić information content (AvgIpc) is 2.08. The lowest BCUT2D eigenvalue weighted by Crippen LogP contribution is -2.39. The Kier molecular flexibility index (Phi) is 24.6. The van der Waals surface area contributed by atoms with Gasteiger partial charge in [0, 0.05) is 64.1 Å². The minimum atomic E-state index is -4.45. The number of carboxylic acid groups (broad SMARTS) is 1. The highest BCUT2D eigenvalue weighted by atomic mass is 33.1. The number of nitrogens with two attached hydrogens (primary N) is 2. The molecule has 7 rings (SSSR count). The molecular formula is C47H70N14O20P2S4. The van der Waals surface area contributed by atoms with Crippen molar-refractivity contribution in [2.75, 3.05) is 104 Å². The van der Waals surface area contributed by atoms with Gasteiger partial charge in [-0.2, -0.15) is 0 Å². The number of imidazole rings is 2. The van der Waals surface area contributed by atoms with Crippen LogP contribution in [0, 0.1) is 5.92 Å². The van der Waals surface area contributed by atoms with Crippen LogP contribution in [-0.4, -0.2) is 244 Å². The van der Waals surface area contributed by atoms with Crippen LogP contribution in [0.5, 0.6) is 0 Å². The monoisotopic (exact) mass is 1340 g/mol. The summed E-state index contributed by atoms with van der Waals surface area (Å²) in [6.45, 7) is -4.10. The van der Waals surface area contributed by atoms with Gasteiger partial charge in [-0.3, -0.25) is 37.4 Å². The van der Waals surface area contributed by atoms with E-state index in [2.05, 4.69) is 35.2 Å². The quantitative estimate of drug-likeness (QED) is 0.0202. The Hall–Kier alpha value is -5.28. The van der Waals surface area contributed by atoms with E-state index >= 15 is 0 Å². The number of carbonyl (C=O) groups excluding carboxylic acids is 5. The molecule has 0 aromatic carbocycles. The molecule has 0 spiro atoms. The standard InChI is InChI=1S/C47H70N14O20P2S4/c1-26(44(66)67)19-29(62)50-10-15-72-14-8-31(64)58(5)12-11-57(4)30(63)7-9-47(2,3)87-86-18-17-73-45(68)59(6)13-16-74-46(69)79-37-35-28(78-43(37)61-25-56-33-39(49)52-23-54-41(33)61)21-76-83(71,85)81-36-34(65)27(20-75-82(70,84)80-35)77-42(36)60-24-55-32-38(48)51-22-53-40(32)60/h22-28,34-37,42-43,65H,7-21H2,1-6H3,(H,50,62)(H,66,67)(H,70,84)(H,71,85)(H2,48,51,53)(H2,49,52,54)/t26?,27-,28-,34-,35-,36-,37-,42-,43-,82?,83?/m1/s1. The fraction of sp³-hybridized carbons (Fsp3) is 0.660. The van der Waals surface area contributed by atoms with Crippen molar-refractivity contribution in [2.45, 2.75) is 100 Å². The third-order valence-corrected chi connectivity index (χ3v) is 20.0. The van der Waals surface area contributed by atoms with E-state index < -0.39 is 112 Å². The second kappa shape index (κ2) is 31.0. The first-order chi connectivity index (χ1) is 41.1. The van der Waals surface area contributed by atoms with Gasteiger partial charge < -0.3 is 89.0 Å². The minimum absolute atomic E-state index is 0.00286. The van der Waals surface area contributed by atoms with Crippen molar-refractivity contribution in [2.24, 2.45) is 5.92 Å². The Morgan fingerprint density at radius 1 is 0.782 bits per heavy atom. The van der Waals surface area contributed by atoms with Gasteiger partial charge >= 0.3 is 31.7 Å². The Labute approximate surface area is 516 Å². The van der Waals surface area contributed by atoms with E-state index in [0.29, 0.717) is 25.3 Å². The number of nitrogen functional groups attached to an aromatic ring is 2. The Morgan fingerprint density at radius 2 is 1.36 bits per heavy atom. The highest BCUT2D eigenvalue weighted by molar-refractivity contribution is 8.77. The number of amides is 4. The van der Waals surface area contributed by atoms with Gasteiger partial charge in [-0.1, -0.05) is 28.5 Å². The van der Waals surface area contributed by atoms with Crippen LogP contribution in [0.1, 0.15) is 58.9 Å². The minimum Gasteiger partial charge on any atom is -0.481 e. The maximum atomic E-state index is 13.6. The number of aliphatic hydroxyl groups excluding tert-OH is 1. The molecule has 3 saturated heterocycles. The number of nitrogens with zero attached hydrogens (tertiary/aromatic N) is 11.